The van der Waals surface area contributed by atoms with Crippen LogP contribution in [0, 0.1) is 0 Å². The SMILES string of the molecule is O=C(NCC(O)CN1CCc2ccccc2C1)c1cccc(CCCCO)c1. The Hall–Kier alpha value is -2.21. The lowest BCUT2D eigenvalue weighted by Crippen LogP contribution is -2.42. The smallest absolute Gasteiger partial charge is 0.251 e. The molecule has 2 aromatic carbocycles. The molecule has 5 heteroatoms. The van der Waals surface area contributed by atoms with Gasteiger partial charge in [-0.2, -0.15) is 0 Å². The first-order chi connectivity index (χ1) is 13.7. The Bertz CT molecular complexity index is 778. The normalized spacial score (nSPS) is 15.1. The molecule has 150 valence electrons. The zero-order chi connectivity index (χ0) is 19.8. The Morgan fingerprint density at radius 3 is 2.75 bits per heavy atom. The predicted octanol–water partition coefficient (Wildman–Crippen LogP) is 2.15. The summed E-state index contributed by atoms with van der Waals surface area (Å²) < 4.78 is 0. The van der Waals surface area contributed by atoms with Crippen molar-refractivity contribution >= 4 is 5.91 Å². The fourth-order valence-electron chi connectivity index (χ4n) is 3.69. The number of hydrogen-bond donors (Lipinski definition) is 3. The van der Waals surface area contributed by atoms with E-state index in [1.165, 1.54) is 11.1 Å². The van der Waals surface area contributed by atoms with Crippen molar-refractivity contribution in [1.29, 1.82) is 0 Å². The van der Waals surface area contributed by atoms with Crippen LogP contribution in [0.25, 0.3) is 0 Å². The van der Waals surface area contributed by atoms with Crippen LogP contribution in [-0.4, -0.2) is 53.4 Å². The Balaban J connectivity index is 1.45. The van der Waals surface area contributed by atoms with Gasteiger partial charge in [0.1, 0.15) is 0 Å². The highest BCUT2D eigenvalue weighted by atomic mass is 16.3. The van der Waals surface area contributed by atoms with E-state index in [1.54, 1.807) is 6.07 Å². The Labute approximate surface area is 167 Å². The van der Waals surface area contributed by atoms with E-state index in [0.717, 1.165) is 44.3 Å². The van der Waals surface area contributed by atoms with Gasteiger partial charge in [-0.15, -0.1) is 0 Å². The van der Waals surface area contributed by atoms with Gasteiger partial charge in [0, 0.05) is 38.3 Å². The van der Waals surface area contributed by atoms with Gasteiger partial charge < -0.3 is 15.5 Å². The van der Waals surface area contributed by atoms with E-state index in [2.05, 4.69) is 34.5 Å². The van der Waals surface area contributed by atoms with Gasteiger partial charge in [0.2, 0.25) is 0 Å². The van der Waals surface area contributed by atoms with E-state index in [-0.39, 0.29) is 19.1 Å². The van der Waals surface area contributed by atoms with E-state index in [0.29, 0.717) is 12.1 Å². The van der Waals surface area contributed by atoms with Crippen LogP contribution in [0.4, 0.5) is 0 Å². The number of nitrogens with one attached hydrogen (secondary N) is 1. The molecular formula is C23H30N2O3. The molecule has 0 fully saturated rings. The number of benzene rings is 2. The molecule has 0 spiro atoms. The van der Waals surface area contributed by atoms with Gasteiger partial charge in [-0.3, -0.25) is 9.69 Å². The summed E-state index contributed by atoms with van der Waals surface area (Å²) in [4.78, 5) is 14.6. The summed E-state index contributed by atoms with van der Waals surface area (Å²) in [6.07, 6.45) is 2.92. The molecule has 0 radical (unpaired) electrons. The van der Waals surface area contributed by atoms with Crippen molar-refractivity contribution in [2.24, 2.45) is 0 Å². The topological polar surface area (TPSA) is 72.8 Å². The number of fused-ring (bicyclic) bond motifs is 1. The molecule has 28 heavy (non-hydrogen) atoms. The molecule has 0 saturated heterocycles. The second-order valence-electron chi connectivity index (χ2n) is 7.50. The first-order valence-electron chi connectivity index (χ1n) is 10.1. The number of amides is 1. The van der Waals surface area contributed by atoms with Gasteiger partial charge in [0.15, 0.2) is 0 Å². The maximum absolute atomic E-state index is 12.4. The summed E-state index contributed by atoms with van der Waals surface area (Å²) in [6, 6.07) is 16.0. The highest BCUT2D eigenvalue weighted by molar-refractivity contribution is 5.94. The van der Waals surface area contributed by atoms with Crippen molar-refractivity contribution in [2.45, 2.75) is 38.3 Å². The van der Waals surface area contributed by atoms with Crippen LogP contribution in [0.3, 0.4) is 0 Å². The molecule has 1 unspecified atom stereocenters. The largest absolute Gasteiger partial charge is 0.396 e. The maximum atomic E-state index is 12.4. The molecule has 1 atom stereocenters. The quantitative estimate of drug-likeness (QED) is 0.581. The van der Waals surface area contributed by atoms with E-state index < -0.39 is 6.10 Å². The number of carbonyl (C=O) groups excluding carboxylic acids is 1. The highest BCUT2D eigenvalue weighted by Gasteiger charge is 2.19. The molecule has 3 rings (SSSR count). The number of rotatable bonds is 9. The van der Waals surface area contributed by atoms with Crippen molar-refractivity contribution in [2.75, 3.05) is 26.2 Å². The van der Waals surface area contributed by atoms with Gasteiger partial charge in [-0.1, -0.05) is 36.4 Å². The van der Waals surface area contributed by atoms with Crippen LogP contribution in [0.2, 0.25) is 0 Å². The monoisotopic (exact) mass is 382 g/mol. The molecule has 3 N–H and O–H groups in total. The summed E-state index contributed by atoms with van der Waals surface area (Å²) in [5.74, 6) is -0.160. The third kappa shape index (κ3) is 5.89. The third-order valence-corrected chi connectivity index (χ3v) is 5.24. The summed E-state index contributed by atoms with van der Waals surface area (Å²) in [5, 5.41) is 22.1. The zero-order valence-electron chi connectivity index (χ0n) is 16.3. The number of β-amino-alcohol motifs (C(OH)–C–C–N with tert-alkyl or cyclic N) is 1. The van der Waals surface area contributed by atoms with Crippen LogP contribution < -0.4 is 5.32 Å². The molecule has 0 aromatic heterocycles. The van der Waals surface area contributed by atoms with E-state index in [1.807, 2.05) is 18.2 Å². The fraction of sp³-hybridized carbons (Fsp3) is 0.435. The first-order valence-corrected chi connectivity index (χ1v) is 10.1. The molecule has 0 bridgehead atoms. The van der Waals surface area contributed by atoms with Gasteiger partial charge >= 0.3 is 0 Å². The Morgan fingerprint density at radius 2 is 1.93 bits per heavy atom. The molecule has 1 aliphatic heterocycles. The summed E-state index contributed by atoms with van der Waals surface area (Å²) in [6.45, 7) is 2.76. The number of unbranched alkanes of at least 4 members (excludes halogenated alkanes) is 1. The van der Waals surface area contributed by atoms with Crippen LogP contribution in [-0.2, 0) is 19.4 Å². The van der Waals surface area contributed by atoms with Crippen molar-refractivity contribution < 1.29 is 15.0 Å². The highest BCUT2D eigenvalue weighted by Crippen LogP contribution is 2.18. The lowest BCUT2D eigenvalue weighted by molar-refractivity contribution is 0.0842. The number of aliphatic hydroxyl groups is 2. The van der Waals surface area contributed by atoms with Gasteiger partial charge in [-0.05, 0) is 54.5 Å². The van der Waals surface area contributed by atoms with Crippen molar-refractivity contribution in [3.63, 3.8) is 0 Å². The number of aryl methyl sites for hydroxylation is 1. The maximum Gasteiger partial charge on any atom is 0.251 e. The predicted molar refractivity (Wildman–Crippen MR) is 110 cm³/mol. The van der Waals surface area contributed by atoms with Crippen molar-refractivity contribution in [3.05, 3.63) is 70.8 Å². The van der Waals surface area contributed by atoms with Crippen molar-refractivity contribution in [1.82, 2.24) is 10.2 Å². The van der Waals surface area contributed by atoms with Gasteiger partial charge in [-0.25, -0.2) is 0 Å². The minimum atomic E-state index is -0.595. The molecule has 5 nitrogen and oxygen atoms in total. The number of nitrogens with zero attached hydrogens (tertiary/aromatic N) is 1. The van der Waals surface area contributed by atoms with E-state index in [9.17, 15) is 9.90 Å². The Morgan fingerprint density at radius 1 is 1.11 bits per heavy atom. The molecule has 0 aliphatic carbocycles. The molecule has 1 aliphatic rings. The summed E-state index contributed by atoms with van der Waals surface area (Å²) in [5.41, 5.74) is 4.41. The van der Waals surface area contributed by atoms with Crippen LogP contribution >= 0.6 is 0 Å². The van der Waals surface area contributed by atoms with Crippen molar-refractivity contribution in [3.8, 4) is 0 Å². The average molecular weight is 383 g/mol. The van der Waals surface area contributed by atoms with Gasteiger partial charge in [0.25, 0.3) is 5.91 Å². The molecular weight excluding hydrogens is 352 g/mol. The Kier molecular flexibility index (Phi) is 7.60. The standard InChI is InChI=1S/C23H30N2O3/c26-13-4-3-6-18-7-5-10-20(14-18)23(28)24-15-22(27)17-25-12-11-19-8-1-2-9-21(19)16-25/h1-2,5,7-10,14,22,26-27H,3-4,6,11-13,15-17H2,(H,24,28). The molecule has 2 aromatic rings. The molecule has 1 amide bonds. The minimum absolute atomic E-state index is 0.160. The van der Waals surface area contributed by atoms with Crippen LogP contribution in [0.15, 0.2) is 48.5 Å². The molecule has 1 heterocycles. The first kappa shape index (κ1) is 20.5. The zero-order valence-corrected chi connectivity index (χ0v) is 16.3. The average Bonchev–Trinajstić information content (AvgIpc) is 2.72. The lowest BCUT2D eigenvalue weighted by atomic mass is 10.00. The number of aliphatic hydroxyl groups excluding tert-OH is 2. The van der Waals surface area contributed by atoms with Crippen LogP contribution in [0.5, 0.6) is 0 Å². The van der Waals surface area contributed by atoms with E-state index >= 15 is 0 Å². The molecule has 0 saturated carbocycles. The van der Waals surface area contributed by atoms with Gasteiger partial charge in [0.05, 0.1) is 6.10 Å². The number of hydrogen-bond acceptors (Lipinski definition) is 4. The minimum Gasteiger partial charge on any atom is -0.396 e. The fourth-order valence-corrected chi connectivity index (χ4v) is 3.69. The summed E-state index contributed by atoms with van der Waals surface area (Å²) >= 11 is 0. The lowest BCUT2D eigenvalue weighted by Gasteiger charge is -2.30. The third-order valence-electron chi connectivity index (χ3n) is 5.24. The van der Waals surface area contributed by atoms with E-state index in [4.69, 9.17) is 5.11 Å². The summed E-state index contributed by atoms with van der Waals surface area (Å²) in [7, 11) is 0. The number of carbonyl (C=O) groups is 1. The second-order valence-corrected chi connectivity index (χ2v) is 7.50. The second kappa shape index (κ2) is 10.4. The van der Waals surface area contributed by atoms with Crippen LogP contribution in [0.1, 0.15) is 39.9 Å².